The highest BCUT2D eigenvalue weighted by Gasteiger charge is 2.19. The summed E-state index contributed by atoms with van der Waals surface area (Å²) in [6, 6.07) is 3.32. The first-order valence-corrected chi connectivity index (χ1v) is 5.65. The van der Waals surface area contributed by atoms with Gasteiger partial charge < -0.3 is 15.5 Å². The number of hydrogen-bond donors (Lipinski definition) is 3. The second-order valence-corrected chi connectivity index (χ2v) is 4.03. The van der Waals surface area contributed by atoms with Crippen molar-refractivity contribution in [2.75, 3.05) is 13.2 Å². The van der Waals surface area contributed by atoms with Crippen molar-refractivity contribution in [3.63, 3.8) is 0 Å². The van der Waals surface area contributed by atoms with Gasteiger partial charge >= 0.3 is 0 Å². The molecule has 0 unspecified atom stereocenters. The van der Waals surface area contributed by atoms with Crippen molar-refractivity contribution < 1.29 is 15.0 Å². The maximum Gasteiger partial charge on any atom is 0.274 e. The summed E-state index contributed by atoms with van der Waals surface area (Å²) in [5.41, 5.74) is 0.0535. The van der Waals surface area contributed by atoms with Crippen LogP contribution in [0.5, 0.6) is 5.88 Å². The van der Waals surface area contributed by atoms with E-state index in [0.29, 0.717) is 0 Å². The van der Waals surface area contributed by atoms with E-state index < -0.39 is 22.9 Å². The molecule has 3 N–H and O–H groups in total. The second kappa shape index (κ2) is 5.07. The topological polar surface area (TPSA) is 104 Å². The molecule has 0 aliphatic heterocycles. The number of aromatic hydroxyl groups is 1. The van der Waals surface area contributed by atoms with E-state index in [1.54, 1.807) is 12.1 Å². The number of nitrogens with one attached hydrogen (secondary N) is 1. The molecule has 2 aromatic rings. The van der Waals surface area contributed by atoms with Crippen molar-refractivity contribution in [3.05, 3.63) is 39.8 Å². The van der Waals surface area contributed by atoms with Crippen molar-refractivity contribution in [1.29, 1.82) is 0 Å². The van der Waals surface area contributed by atoms with Crippen molar-refractivity contribution in [2.45, 2.75) is 6.92 Å². The van der Waals surface area contributed by atoms with Gasteiger partial charge in [0.25, 0.3) is 11.5 Å². The summed E-state index contributed by atoms with van der Waals surface area (Å²) in [5.74, 6) is -1.38. The molecule has 0 bridgehead atoms. The molecular formula is C12H13N3O4. The van der Waals surface area contributed by atoms with Crippen molar-refractivity contribution in [3.8, 4) is 5.88 Å². The molecule has 2 heterocycles. The predicted octanol–water partition coefficient (Wildman–Crippen LogP) is -0.569. The third-order valence-corrected chi connectivity index (χ3v) is 2.59. The highest BCUT2D eigenvalue weighted by atomic mass is 16.3. The molecule has 0 radical (unpaired) electrons. The number of nitrogens with zero attached hydrogens (tertiary/aromatic N) is 2. The zero-order valence-corrected chi connectivity index (χ0v) is 10.3. The fourth-order valence-corrected chi connectivity index (χ4v) is 1.68. The first-order valence-electron chi connectivity index (χ1n) is 5.65. The monoisotopic (exact) mass is 263 g/mol. The molecule has 0 aromatic carbocycles. The summed E-state index contributed by atoms with van der Waals surface area (Å²) in [6.07, 6.45) is 1.49. The van der Waals surface area contributed by atoms with E-state index in [1.807, 2.05) is 6.92 Å². The van der Waals surface area contributed by atoms with Crippen molar-refractivity contribution in [2.24, 2.45) is 0 Å². The van der Waals surface area contributed by atoms with Crippen LogP contribution >= 0.6 is 0 Å². The molecule has 7 nitrogen and oxygen atoms in total. The van der Waals surface area contributed by atoms with Gasteiger partial charge in [-0.15, -0.1) is 0 Å². The molecule has 0 saturated carbocycles. The van der Waals surface area contributed by atoms with Crippen LogP contribution in [0.3, 0.4) is 0 Å². The first-order chi connectivity index (χ1) is 9.04. The number of carbonyl (C=O) groups excluding carboxylic acids is 1. The van der Waals surface area contributed by atoms with E-state index in [0.717, 1.165) is 5.56 Å². The van der Waals surface area contributed by atoms with Gasteiger partial charge in [0.2, 0.25) is 5.88 Å². The van der Waals surface area contributed by atoms with Gasteiger partial charge in [-0.3, -0.25) is 14.0 Å². The predicted molar refractivity (Wildman–Crippen MR) is 67.3 cm³/mol. The highest BCUT2D eigenvalue weighted by Crippen LogP contribution is 2.11. The first kappa shape index (κ1) is 13.0. The fraction of sp³-hybridized carbons (Fsp3) is 0.250. The zero-order chi connectivity index (χ0) is 14.0. The molecule has 0 aliphatic carbocycles. The number of amides is 1. The Morgan fingerprint density at radius 3 is 2.95 bits per heavy atom. The second-order valence-electron chi connectivity index (χ2n) is 4.03. The molecule has 0 atom stereocenters. The minimum Gasteiger partial charge on any atom is -0.493 e. The Hall–Kier alpha value is -2.41. The molecule has 0 saturated heterocycles. The van der Waals surface area contributed by atoms with Crippen LogP contribution in [-0.4, -0.2) is 38.7 Å². The van der Waals surface area contributed by atoms with E-state index in [4.69, 9.17) is 5.11 Å². The number of aromatic nitrogens is 2. The maximum atomic E-state index is 12.1. The minimum absolute atomic E-state index is 0.00564. The Morgan fingerprint density at radius 2 is 2.26 bits per heavy atom. The van der Waals surface area contributed by atoms with E-state index >= 15 is 0 Å². The van der Waals surface area contributed by atoms with Crippen LogP contribution in [0.25, 0.3) is 5.65 Å². The number of aliphatic hydroxyl groups is 1. The lowest BCUT2D eigenvalue weighted by Crippen LogP contribution is -2.33. The number of rotatable bonds is 3. The lowest BCUT2D eigenvalue weighted by Gasteiger charge is -2.07. The van der Waals surface area contributed by atoms with Gasteiger partial charge in [-0.05, 0) is 24.6 Å². The molecule has 2 aromatic heterocycles. The van der Waals surface area contributed by atoms with E-state index in [9.17, 15) is 14.7 Å². The van der Waals surface area contributed by atoms with Gasteiger partial charge in [0, 0.05) is 12.7 Å². The number of pyridine rings is 1. The number of aliphatic hydroxyl groups excluding tert-OH is 1. The van der Waals surface area contributed by atoms with Crippen LogP contribution in [0, 0.1) is 6.92 Å². The summed E-state index contributed by atoms with van der Waals surface area (Å²) < 4.78 is 1.18. The summed E-state index contributed by atoms with van der Waals surface area (Å²) in [7, 11) is 0. The Balaban J connectivity index is 2.60. The molecule has 19 heavy (non-hydrogen) atoms. The van der Waals surface area contributed by atoms with Crippen LogP contribution in [0.2, 0.25) is 0 Å². The average Bonchev–Trinajstić information content (AvgIpc) is 2.35. The van der Waals surface area contributed by atoms with Gasteiger partial charge in [-0.2, -0.15) is 4.98 Å². The molecule has 100 valence electrons. The molecule has 1 amide bonds. The Morgan fingerprint density at radius 1 is 1.53 bits per heavy atom. The quantitative estimate of drug-likeness (QED) is 0.688. The average molecular weight is 263 g/mol. The highest BCUT2D eigenvalue weighted by molar-refractivity contribution is 5.96. The Kier molecular flexibility index (Phi) is 3.48. The standard InChI is InChI=1S/C12H13N3O4/c1-7-2-4-15-8(6-7)14-11(18)9(12(15)19)10(17)13-3-5-16/h2,4,6,16,18H,3,5H2,1H3,(H,13,17). The molecule has 0 fully saturated rings. The van der Waals surface area contributed by atoms with Gasteiger partial charge in [0.05, 0.1) is 6.61 Å². The molecule has 2 rings (SSSR count). The van der Waals surface area contributed by atoms with E-state index in [-0.39, 0.29) is 18.8 Å². The Labute approximate surface area is 108 Å². The number of hydrogen-bond acceptors (Lipinski definition) is 5. The van der Waals surface area contributed by atoms with Gasteiger partial charge in [-0.25, -0.2) is 0 Å². The summed E-state index contributed by atoms with van der Waals surface area (Å²) in [5, 5.41) is 20.6. The van der Waals surface area contributed by atoms with Crippen LogP contribution in [0.15, 0.2) is 23.1 Å². The summed E-state index contributed by atoms with van der Waals surface area (Å²) in [4.78, 5) is 27.6. The van der Waals surface area contributed by atoms with Gasteiger partial charge in [0.1, 0.15) is 5.65 Å². The summed E-state index contributed by atoms with van der Waals surface area (Å²) in [6.45, 7) is 1.56. The Bertz CT molecular complexity index is 693. The minimum atomic E-state index is -0.765. The fourth-order valence-electron chi connectivity index (χ4n) is 1.68. The molecule has 0 spiro atoms. The lowest BCUT2D eigenvalue weighted by molar-refractivity contribution is 0.0939. The van der Waals surface area contributed by atoms with Gasteiger partial charge in [-0.1, -0.05) is 0 Å². The lowest BCUT2D eigenvalue weighted by atomic mass is 10.2. The number of fused-ring (bicyclic) bond motifs is 1. The van der Waals surface area contributed by atoms with E-state index in [2.05, 4.69) is 10.3 Å². The third kappa shape index (κ3) is 2.41. The number of carbonyl (C=O) groups is 1. The third-order valence-electron chi connectivity index (χ3n) is 2.59. The molecule has 7 heteroatoms. The smallest absolute Gasteiger partial charge is 0.274 e. The van der Waals surface area contributed by atoms with Crippen LogP contribution in [-0.2, 0) is 0 Å². The summed E-state index contributed by atoms with van der Waals surface area (Å²) >= 11 is 0. The molecular weight excluding hydrogens is 250 g/mol. The maximum absolute atomic E-state index is 12.1. The molecule has 0 aliphatic rings. The largest absolute Gasteiger partial charge is 0.493 e. The zero-order valence-electron chi connectivity index (χ0n) is 10.3. The van der Waals surface area contributed by atoms with Crippen LogP contribution in [0.4, 0.5) is 0 Å². The van der Waals surface area contributed by atoms with E-state index in [1.165, 1.54) is 10.6 Å². The van der Waals surface area contributed by atoms with Crippen LogP contribution < -0.4 is 10.9 Å². The normalized spacial score (nSPS) is 10.6. The van der Waals surface area contributed by atoms with Crippen LogP contribution in [0.1, 0.15) is 15.9 Å². The SMILES string of the molecule is Cc1ccn2c(=O)c(C(=O)NCCO)c(O)nc2c1. The number of aryl methyl sites for hydroxylation is 1. The van der Waals surface area contributed by atoms with Gasteiger partial charge in [0.15, 0.2) is 5.56 Å². The van der Waals surface area contributed by atoms with Crippen molar-refractivity contribution >= 4 is 11.6 Å². The van der Waals surface area contributed by atoms with Crippen molar-refractivity contribution in [1.82, 2.24) is 14.7 Å².